The molecule has 0 saturated carbocycles. The zero-order valence-corrected chi connectivity index (χ0v) is 6.32. The minimum Gasteiger partial charge on any atom is -0.382 e. The molecular weight excluding hydrogens is 164 g/mol. The molecule has 0 aliphatic heterocycles. The molecule has 1 aromatic rings. The van der Waals surface area contributed by atoms with E-state index >= 15 is 0 Å². The Bertz CT molecular complexity index is 254. The van der Waals surface area contributed by atoms with Gasteiger partial charge < -0.3 is 10.2 Å². The molecule has 0 bridgehead atoms. The van der Waals surface area contributed by atoms with Crippen LogP contribution in [0.2, 0.25) is 0 Å². The number of aliphatic hydroxyl groups excluding tert-OH is 2. The smallest absolute Gasteiger partial charge is 0.172 e. The molecule has 0 amide bonds. The summed E-state index contributed by atoms with van der Waals surface area (Å²) in [6, 6.07) is 1.53. The number of rotatable bonds is 2. The summed E-state index contributed by atoms with van der Waals surface area (Å²) in [6.07, 6.45) is -1.06. The van der Waals surface area contributed by atoms with Crippen LogP contribution in [0.25, 0.3) is 0 Å². The summed E-state index contributed by atoms with van der Waals surface area (Å²) < 4.78 is 0. The Morgan fingerprint density at radius 3 is 2.82 bits per heavy atom. The van der Waals surface area contributed by atoms with Crippen molar-refractivity contribution in [2.45, 2.75) is 12.2 Å². The van der Waals surface area contributed by atoms with Crippen LogP contribution in [0.3, 0.4) is 0 Å². The van der Waals surface area contributed by atoms with Gasteiger partial charge in [0, 0.05) is 11.6 Å². The van der Waals surface area contributed by atoms with Crippen LogP contribution in [-0.4, -0.2) is 21.3 Å². The van der Waals surface area contributed by atoms with Crippen LogP contribution in [-0.2, 0) is 0 Å². The van der Waals surface area contributed by atoms with E-state index in [9.17, 15) is 0 Å². The fraction of sp³-hybridized carbons (Fsp3) is 0.333. The van der Waals surface area contributed by atoms with Crippen molar-refractivity contribution in [2.24, 2.45) is 0 Å². The van der Waals surface area contributed by atoms with Crippen molar-refractivity contribution in [3.63, 3.8) is 0 Å². The van der Waals surface area contributed by atoms with Crippen molar-refractivity contribution in [2.75, 3.05) is 0 Å². The molecule has 0 spiro atoms. The SMILES string of the molecule is N#CC(O)C(O)c1nccs1. The summed E-state index contributed by atoms with van der Waals surface area (Å²) in [7, 11) is 0. The van der Waals surface area contributed by atoms with Crippen molar-refractivity contribution >= 4 is 11.3 Å². The van der Waals surface area contributed by atoms with Gasteiger partial charge in [-0.25, -0.2) is 4.98 Å². The first-order valence-electron chi connectivity index (χ1n) is 2.91. The van der Waals surface area contributed by atoms with Crippen LogP contribution in [0, 0.1) is 11.3 Å². The average Bonchev–Trinajstić information content (AvgIpc) is 2.53. The number of nitrogens with zero attached hydrogens (tertiary/aromatic N) is 2. The van der Waals surface area contributed by atoms with E-state index in [0.29, 0.717) is 5.01 Å². The highest BCUT2D eigenvalue weighted by atomic mass is 32.1. The maximum atomic E-state index is 9.15. The maximum absolute atomic E-state index is 9.15. The fourth-order valence-electron chi connectivity index (χ4n) is 0.586. The van der Waals surface area contributed by atoms with Gasteiger partial charge in [-0.15, -0.1) is 11.3 Å². The van der Waals surface area contributed by atoms with Gasteiger partial charge >= 0.3 is 0 Å². The van der Waals surface area contributed by atoms with Crippen LogP contribution in [0.1, 0.15) is 11.1 Å². The van der Waals surface area contributed by atoms with E-state index in [1.165, 1.54) is 23.6 Å². The quantitative estimate of drug-likeness (QED) is 0.615. The van der Waals surface area contributed by atoms with Crippen LogP contribution >= 0.6 is 11.3 Å². The standard InChI is InChI=1S/C6H6N2O2S/c7-3-4(9)5(10)6-8-1-2-11-6/h1-2,4-5,9-10H. The fourth-order valence-corrected chi connectivity index (χ4v) is 1.24. The molecule has 2 N–H and O–H groups in total. The predicted octanol–water partition coefficient (Wildman–Crippen LogP) is 0.0610. The molecule has 0 aliphatic carbocycles. The van der Waals surface area contributed by atoms with E-state index in [-0.39, 0.29) is 0 Å². The minimum atomic E-state index is -1.39. The Kier molecular flexibility index (Phi) is 2.54. The Hall–Kier alpha value is -0.960. The van der Waals surface area contributed by atoms with Gasteiger partial charge in [0.2, 0.25) is 0 Å². The van der Waals surface area contributed by atoms with Gasteiger partial charge in [0.25, 0.3) is 0 Å². The second kappa shape index (κ2) is 3.44. The predicted molar refractivity (Wildman–Crippen MR) is 38.7 cm³/mol. The zero-order chi connectivity index (χ0) is 8.27. The number of hydrogen-bond donors (Lipinski definition) is 2. The average molecular weight is 170 g/mol. The van der Waals surface area contributed by atoms with Crippen LogP contribution in [0.4, 0.5) is 0 Å². The number of nitriles is 1. The molecule has 0 fully saturated rings. The Morgan fingerprint density at radius 2 is 2.36 bits per heavy atom. The largest absolute Gasteiger partial charge is 0.382 e. The maximum Gasteiger partial charge on any atom is 0.172 e. The van der Waals surface area contributed by atoms with Gasteiger partial charge in [-0.3, -0.25) is 0 Å². The number of aliphatic hydroxyl groups is 2. The molecule has 0 aliphatic rings. The van der Waals surface area contributed by atoms with Crippen LogP contribution in [0.5, 0.6) is 0 Å². The zero-order valence-electron chi connectivity index (χ0n) is 5.51. The first-order valence-corrected chi connectivity index (χ1v) is 3.79. The van der Waals surface area contributed by atoms with E-state index < -0.39 is 12.2 Å². The molecule has 0 radical (unpaired) electrons. The lowest BCUT2D eigenvalue weighted by Crippen LogP contribution is -2.15. The molecule has 1 heterocycles. The highest BCUT2D eigenvalue weighted by Crippen LogP contribution is 2.18. The summed E-state index contributed by atoms with van der Waals surface area (Å²) in [5, 5.41) is 28.3. The molecular formula is C6H6N2O2S. The van der Waals surface area contributed by atoms with Crippen molar-refractivity contribution in [3.8, 4) is 6.07 Å². The third-order valence-electron chi connectivity index (χ3n) is 1.14. The lowest BCUT2D eigenvalue weighted by atomic mass is 10.2. The molecule has 58 valence electrons. The third kappa shape index (κ3) is 1.74. The molecule has 2 atom stereocenters. The summed E-state index contributed by atoms with van der Waals surface area (Å²) in [6.45, 7) is 0. The summed E-state index contributed by atoms with van der Waals surface area (Å²) in [5.74, 6) is 0. The van der Waals surface area contributed by atoms with E-state index in [1.807, 2.05) is 0 Å². The molecule has 1 aromatic heterocycles. The van der Waals surface area contributed by atoms with Gasteiger partial charge in [0.05, 0.1) is 6.07 Å². The highest BCUT2D eigenvalue weighted by molar-refractivity contribution is 7.09. The second-order valence-corrected chi connectivity index (χ2v) is 2.82. The molecule has 0 aromatic carbocycles. The highest BCUT2D eigenvalue weighted by Gasteiger charge is 2.19. The number of hydrogen-bond acceptors (Lipinski definition) is 5. The summed E-state index contributed by atoms with van der Waals surface area (Å²) >= 11 is 1.20. The van der Waals surface area contributed by atoms with E-state index in [0.717, 1.165) is 0 Å². The van der Waals surface area contributed by atoms with Gasteiger partial charge in [0.15, 0.2) is 6.10 Å². The Morgan fingerprint density at radius 1 is 1.64 bits per heavy atom. The van der Waals surface area contributed by atoms with E-state index in [2.05, 4.69) is 4.98 Å². The normalized spacial score (nSPS) is 15.4. The lowest BCUT2D eigenvalue weighted by Gasteiger charge is -2.06. The van der Waals surface area contributed by atoms with Crippen molar-refractivity contribution in [1.29, 1.82) is 5.26 Å². The molecule has 2 unspecified atom stereocenters. The van der Waals surface area contributed by atoms with Crippen molar-refractivity contribution in [1.82, 2.24) is 4.98 Å². The summed E-state index contributed by atoms with van der Waals surface area (Å²) in [5.41, 5.74) is 0. The molecule has 1 rings (SSSR count). The van der Waals surface area contributed by atoms with E-state index in [4.69, 9.17) is 15.5 Å². The summed E-state index contributed by atoms with van der Waals surface area (Å²) in [4.78, 5) is 3.74. The molecule has 4 nitrogen and oxygen atoms in total. The van der Waals surface area contributed by atoms with Gasteiger partial charge in [0.1, 0.15) is 11.1 Å². The Balaban J connectivity index is 2.71. The van der Waals surface area contributed by atoms with Gasteiger partial charge in [-0.05, 0) is 0 Å². The Labute approximate surface area is 67.4 Å². The number of aromatic nitrogens is 1. The minimum absolute atomic E-state index is 0.360. The number of thiazole rings is 1. The lowest BCUT2D eigenvalue weighted by molar-refractivity contribution is 0.0526. The second-order valence-electron chi connectivity index (χ2n) is 1.89. The van der Waals surface area contributed by atoms with Crippen LogP contribution in [0.15, 0.2) is 11.6 Å². The molecule has 0 saturated heterocycles. The van der Waals surface area contributed by atoms with Crippen molar-refractivity contribution < 1.29 is 10.2 Å². The molecule has 5 heteroatoms. The van der Waals surface area contributed by atoms with Crippen molar-refractivity contribution in [3.05, 3.63) is 16.6 Å². The van der Waals surface area contributed by atoms with Gasteiger partial charge in [-0.1, -0.05) is 0 Å². The van der Waals surface area contributed by atoms with Crippen LogP contribution < -0.4 is 0 Å². The first-order chi connectivity index (χ1) is 5.25. The molecule has 11 heavy (non-hydrogen) atoms. The van der Waals surface area contributed by atoms with E-state index in [1.54, 1.807) is 5.38 Å². The van der Waals surface area contributed by atoms with Gasteiger partial charge in [-0.2, -0.15) is 5.26 Å². The topological polar surface area (TPSA) is 77.1 Å². The third-order valence-corrected chi connectivity index (χ3v) is 1.98. The monoisotopic (exact) mass is 170 g/mol. The first kappa shape index (κ1) is 8.14.